The van der Waals surface area contributed by atoms with Gasteiger partial charge in [-0.15, -0.1) is 11.3 Å². The summed E-state index contributed by atoms with van der Waals surface area (Å²) in [5.74, 6) is 0. The molecule has 0 aliphatic carbocycles. The molecule has 0 amide bonds. The van der Waals surface area contributed by atoms with Gasteiger partial charge in [0.1, 0.15) is 0 Å². The fraction of sp³-hybridized carbons (Fsp3) is 0.0714. The summed E-state index contributed by atoms with van der Waals surface area (Å²) in [7, 11) is 0. The van der Waals surface area contributed by atoms with Gasteiger partial charge in [0.25, 0.3) is 5.56 Å². The van der Waals surface area contributed by atoms with Crippen molar-refractivity contribution in [3.8, 4) is 6.07 Å². The zero-order valence-corrected chi connectivity index (χ0v) is 11.2. The monoisotopic (exact) mass is 282 g/mol. The summed E-state index contributed by atoms with van der Waals surface area (Å²) >= 11 is 1.42. The second kappa shape index (κ2) is 5.15. The van der Waals surface area contributed by atoms with E-state index in [1.54, 1.807) is 18.3 Å². The maximum Gasteiger partial charge on any atom is 0.258 e. The normalized spacial score (nSPS) is 10.3. The highest BCUT2D eigenvalue weighted by Crippen LogP contribution is 2.12. The molecule has 0 radical (unpaired) electrons. The minimum absolute atomic E-state index is 0.0844. The number of nitrogens with one attached hydrogen (secondary N) is 1. The van der Waals surface area contributed by atoms with E-state index in [4.69, 9.17) is 5.26 Å². The van der Waals surface area contributed by atoms with Gasteiger partial charge in [-0.1, -0.05) is 6.07 Å². The number of nitriles is 1. The summed E-state index contributed by atoms with van der Waals surface area (Å²) in [5.41, 5.74) is 2.02. The smallest absolute Gasteiger partial charge is 0.258 e. The van der Waals surface area contributed by atoms with E-state index in [-0.39, 0.29) is 5.56 Å². The average Bonchev–Trinajstić information content (AvgIpc) is 2.94. The Hall–Kier alpha value is -2.65. The maximum atomic E-state index is 11.8. The van der Waals surface area contributed by atoms with Crippen LogP contribution in [0.3, 0.4) is 0 Å². The standard InChI is InChI=1S/C14H10N4OS/c15-8-10-2-1-3-11(6-10)16-9-12-7-13(19)18-4-5-20-14(18)17-12/h1-7,16H,9H2. The highest BCUT2D eigenvalue weighted by molar-refractivity contribution is 7.15. The molecule has 0 fully saturated rings. The number of anilines is 1. The van der Waals surface area contributed by atoms with Crippen LogP contribution in [0.25, 0.3) is 4.96 Å². The third-order valence-corrected chi connectivity index (χ3v) is 3.58. The molecular formula is C14H10N4OS. The minimum Gasteiger partial charge on any atom is -0.379 e. The number of nitrogens with zero attached hydrogens (tertiary/aromatic N) is 3. The van der Waals surface area contributed by atoms with Crippen molar-refractivity contribution in [1.29, 1.82) is 5.26 Å². The van der Waals surface area contributed by atoms with E-state index < -0.39 is 0 Å². The largest absolute Gasteiger partial charge is 0.379 e. The second-order valence-electron chi connectivity index (χ2n) is 4.19. The van der Waals surface area contributed by atoms with Crippen LogP contribution in [0, 0.1) is 11.3 Å². The molecule has 98 valence electrons. The molecule has 0 unspecified atom stereocenters. The summed E-state index contributed by atoms with van der Waals surface area (Å²) in [6.45, 7) is 0.443. The van der Waals surface area contributed by atoms with Crippen LogP contribution in [0.15, 0.2) is 46.7 Å². The summed E-state index contributed by atoms with van der Waals surface area (Å²) in [6, 6.07) is 10.8. The topological polar surface area (TPSA) is 70.2 Å². The predicted octanol–water partition coefficient (Wildman–Crippen LogP) is 2.24. The number of benzene rings is 1. The molecule has 2 heterocycles. The van der Waals surface area contributed by atoms with E-state index in [1.165, 1.54) is 21.8 Å². The molecule has 0 aliphatic heterocycles. The van der Waals surface area contributed by atoms with Crippen molar-refractivity contribution in [2.45, 2.75) is 6.54 Å². The summed E-state index contributed by atoms with van der Waals surface area (Å²) < 4.78 is 1.52. The third kappa shape index (κ3) is 2.39. The van der Waals surface area contributed by atoms with Crippen molar-refractivity contribution in [3.63, 3.8) is 0 Å². The van der Waals surface area contributed by atoms with Crippen molar-refractivity contribution in [2.24, 2.45) is 0 Å². The molecule has 0 aliphatic rings. The Morgan fingerprint density at radius 2 is 2.30 bits per heavy atom. The Morgan fingerprint density at radius 1 is 1.40 bits per heavy atom. The SMILES string of the molecule is N#Cc1cccc(NCc2cc(=O)n3ccsc3n2)c1. The number of aromatic nitrogens is 2. The first-order chi connectivity index (χ1) is 9.76. The highest BCUT2D eigenvalue weighted by Gasteiger charge is 2.03. The molecule has 0 spiro atoms. The van der Waals surface area contributed by atoms with Gasteiger partial charge in [0, 0.05) is 23.3 Å². The lowest BCUT2D eigenvalue weighted by molar-refractivity contribution is 0.990. The quantitative estimate of drug-likeness (QED) is 0.799. The van der Waals surface area contributed by atoms with Gasteiger partial charge in [0.2, 0.25) is 0 Å². The molecule has 6 heteroatoms. The zero-order valence-electron chi connectivity index (χ0n) is 10.4. The number of hydrogen-bond acceptors (Lipinski definition) is 5. The molecule has 0 bridgehead atoms. The van der Waals surface area contributed by atoms with E-state index in [2.05, 4.69) is 16.4 Å². The summed E-state index contributed by atoms with van der Waals surface area (Å²) in [5, 5.41) is 13.8. The van der Waals surface area contributed by atoms with Gasteiger partial charge in [-0.25, -0.2) is 4.98 Å². The number of hydrogen-bond donors (Lipinski definition) is 1. The van der Waals surface area contributed by atoms with Crippen molar-refractivity contribution >= 4 is 22.0 Å². The lowest BCUT2D eigenvalue weighted by Gasteiger charge is -2.06. The van der Waals surface area contributed by atoms with Crippen LogP contribution in [0.1, 0.15) is 11.3 Å². The summed E-state index contributed by atoms with van der Waals surface area (Å²) in [4.78, 5) is 16.9. The first kappa shape index (κ1) is 12.4. The molecule has 1 N–H and O–H groups in total. The van der Waals surface area contributed by atoms with Crippen LogP contribution in [0.2, 0.25) is 0 Å². The first-order valence-corrected chi connectivity index (χ1v) is 6.84. The molecule has 20 heavy (non-hydrogen) atoms. The molecule has 3 rings (SSSR count). The van der Waals surface area contributed by atoms with Gasteiger partial charge >= 0.3 is 0 Å². The van der Waals surface area contributed by atoms with Crippen LogP contribution >= 0.6 is 11.3 Å². The number of rotatable bonds is 3. The first-order valence-electron chi connectivity index (χ1n) is 5.96. The fourth-order valence-electron chi connectivity index (χ4n) is 1.87. The Bertz CT molecular complexity index is 859. The lowest BCUT2D eigenvalue weighted by atomic mass is 10.2. The van der Waals surface area contributed by atoms with E-state index in [0.717, 1.165) is 5.69 Å². The van der Waals surface area contributed by atoms with E-state index in [0.29, 0.717) is 22.8 Å². The molecule has 2 aromatic heterocycles. The van der Waals surface area contributed by atoms with Crippen LogP contribution < -0.4 is 10.9 Å². The molecule has 3 aromatic rings. The molecule has 1 aromatic carbocycles. The molecule has 0 saturated carbocycles. The van der Waals surface area contributed by atoms with Gasteiger partial charge in [0.05, 0.1) is 23.9 Å². The number of fused-ring (bicyclic) bond motifs is 1. The number of thiazole rings is 1. The molecular weight excluding hydrogens is 272 g/mol. The highest BCUT2D eigenvalue weighted by atomic mass is 32.1. The van der Waals surface area contributed by atoms with Crippen LogP contribution in [0.4, 0.5) is 5.69 Å². The Kier molecular flexibility index (Phi) is 3.19. The van der Waals surface area contributed by atoms with Gasteiger partial charge in [-0.3, -0.25) is 9.20 Å². The predicted molar refractivity (Wildman–Crippen MR) is 77.8 cm³/mol. The Labute approximate surface area is 118 Å². The second-order valence-corrected chi connectivity index (χ2v) is 5.06. The average molecular weight is 282 g/mol. The zero-order chi connectivity index (χ0) is 13.9. The van der Waals surface area contributed by atoms with Gasteiger partial charge in [-0.05, 0) is 18.2 Å². The molecule has 5 nitrogen and oxygen atoms in total. The van der Waals surface area contributed by atoms with Crippen molar-refractivity contribution in [3.05, 3.63) is 63.5 Å². The van der Waals surface area contributed by atoms with Crippen molar-refractivity contribution in [2.75, 3.05) is 5.32 Å². The van der Waals surface area contributed by atoms with Crippen molar-refractivity contribution < 1.29 is 0 Å². The van der Waals surface area contributed by atoms with Gasteiger partial charge in [-0.2, -0.15) is 5.26 Å². The molecule has 0 saturated heterocycles. The minimum atomic E-state index is -0.0844. The fourth-order valence-corrected chi connectivity index (χ4v) is 2.61. The molecule has 0 atom stereocenters. The van der Waals surface area contributed by atoms with Crippen LogP contribution in [0.5, 0.6) is 0 Å². The van der Waals surface area contributed by atoms with E-state index >= 15 is 0 Å². The lowest BCUT2D eigenvalue weighted by Crippen LogP contribution is -2.14. The third-order valence-electron chi connectivity index (χ3n) is 2.82. The van der Waals surface area contributed by atoms with Crippen LogP contribution in [-0.4, -0.2) is 9.38 Å². The van der Waals surface area contributed by atoms with Crippen LogP contribution in [-0.2, 0) is 6.54 Å². The Balaban J connectivity index is 1.83. The Morgan fingerprint density at radius 3 is 3.15 bits per heavy atom. The van der Waals surface area contributed by atoms with Crippen molar-refractivity contribution in [1.82, 2.24) is 9.38 Å². The maximum absolute atomic E-state index is 11.8. The van der Waals surface area contributed by atoms with Gasteiger partial charge < -0.3 is 5.32 Å². The summed E-state index contributed by atoms with van der Waals surface area (Å²) in [6.07, 6.45) is 1.71. The van der Waals surface area contributed by atoms with Gasteiger partial charge in [0.15, 0.2) is 4.96 Å². The van der Waals surface area contributed by atoms with E-state index in [1.807, 2.05) is 17.5 Å². The van der Waals surface area contributed by atoms with E-state index in [9.17, 15) is 4.79 Å².